The zero-order chi connectivity index (χ0) is 25.4. The molecular formula is C28H24FN3O4. The van der Waals surface area contributed by atoms with Gasteiger partial charge in [-0.25, -0.2) is 4.39 Å². The van der Waals surface area contributed by atoms with Crippen LogP contribution in [0.5, 0.6) is 11.5 Å². The van der Waals surface area contributed by atoms with Crippen LogP contribution in [0.3, 0.4) is 0 Å². The Balaban J connectivity index is 1.36. The van der Waals surface area contributed by atoms with E-state index >= 15 is 0 Å². The molecule has 182 valence electrons. The van der Waals surface area contributed by atoms with E-state index in [0.717, 1.165) is 33.3 Å². The van der Waals surface area contributed by atoms with Crippen LogP contribution in [0, 0.1) is 5.82 Å². The number of rotatable bonds is 6. The Morgan fingerprint density at radius 2 is 1.83 bits per heavy atom. The predicted molar refractivity (Wildman–Crippen MR) is 136 cm³/mol. The van der Waals surface area contributed by atoms with Crippen molar-refractivity contribution in [2.45, 2.75) is 12.8 Å². The van der Waals surface area contributed by atoms with Crippen LogP contribution in [0.1, 0.15) is 27.0 Å². The largest absolute Gasteiger partial charge is 0.493 e. The molecule has 3 aromatic carbocycles. The van der Waals surface area contributed by atoms with Gasteiger partial charge in [0.25, 0.3) is 5.91 Å². The Morgan fingerprint density at radius 3 is 2.58 bits per heavy atom. The van der Waals surface area contributed by atoms with Crippen LogP contribution in [-0.2, 0) is 17.6 Å². The van der Waals surface area contributed by atoms with Gasteiger partial charge in [0.05, 0.1) is 31.8 Å². The van der Waals surface area contributed by atoms with E-state index in [1.54, 1.807) is 62.7 Å². The van der Waals surface area contributed by atoms with Crippen molar-refractivity contribution in [3.05, 3.63) is 88.9 Å². The quantitative estimate of drug-likeness (QED) is 0.426. The lowest BCUT2D eigenvalue weighted by atomic mass is 10.0. The second-order valence-corrected chi connectivity index (χ2v) is 8.61. The van der Waals surface area contributed by atoms with Crippen LogP contribution in [0.2, 0.25) is 0 Å². The van der Waals surface area contributed by atoms with E-state index in [0.29, 0.717) is 23.5 Å². The molecule has 0 radical (unpaired) electrons. The standard InChI is InChI=1S/C28H24FN3O4/c1-32-24-7-5-18(12-19(24)13-27(32)33)28(34)31-22-6-4-16(11-21(22)29)10-17-8-9-30-23-15-26(36-3)25(35-2)14-20(17)23/h4-9,11-12,14-15H,10,13H2,1-3H3,(H,31,34). The summed E-state index contributed by atoms with van der Waals surface area (Å²) in [6.45, 7) is 0. The van der Waals surface area contributed by atoms with Crippen LogP contribution in [-0.4, -0.2) is 38.1 Å². The molecule has 1 aliphatic rings. The minimum atomic E-state index is -0.533. The number of carbonyl (C=O) groups excluding carboxylic acids is 2. The number of pyridine rings is 1. The molecule has 0 aliphatic carbocycles. The molecule has 2 amide bonds. The minimum absolute atomic E-state index is 0.0243. The Morgan fingerprint density at radius 1 is 1.06 bits per heavy atom. The number of halogens is 1. The average Bonchev–Trinajstić information content (AvgIpc) is 3.17. The summed E-state index contributed by atoms with van der Waals surface area (Å²) in [4.78, 5) is 30.6. The molecule has 0 atom stereocenters. The van der Waals surface area contributed by atoms with Gasteiger partial charge < -0.3 is 19.7 Å². The van der Waals surface area contributed by atoms with E-state index in [9.17, 15) is 14.0 Å². The lowest BCUT2D eigenvalue weighted by Crippen LogP contribution is -2.20. The molecule has 1 aromatic heterocycles. The third-order valence-corrected chi connectivity index (χ3v) is 6.43. The minimum Gasteiger partial charge on any atom is -0.493 e. The first-order valence-electron chi connectivity index (χ1n) is 11.4. The smallest absolute Gasteiger partial charge is 0.255 e. The maximum absolute atomic E-state index is 15.0. The van der Waals surface area contributed by atoms with Gasteiger partial charge in [-0.05, 0) is 65.6 Å². The average molecular weight is 486 g/mol. The van der Waals surface area contributed by atoms with Crippen molar-refractivity contribution in [3.8, 4) is 11.5 Å². The summed E-state index contributed by atoms with van der Waals surface area (Å²) in [5.41, 5.74) is 4.46. The Kier molecular flexibility index (Phi) is 6.01. The zero-order valence-electron chi connectivity index (χ0n) is 20.1. The molecule has 36 heavy (non-hydrogen) atoms. The number of fused-ring (bicyclic) bond motifs is 2. The molecule has 0 saturated heterocycles. The fourth-order valence-electron chi connectivity index (χ4n) is 4.48. The third-order valence-electron chi connectivity index (χ3n) is 6.43. The highest BCUT2D eigenvalue weighted by molar-refractivity contribution is 6.07. The number of hydrogen-bond donors (Lipinski definition) is 1. The molecule has 1 N–H and O–H groups in total. The van der Waals surface area contributed by atoms with Crippen LogP contribution in [0.15, 0.2) is 60.8 Å². The number of ether oxygens (including phenoxy) is 2. The number of carbonyl (C=O) groups is 2. The molecule has 0 unspecified atom stereocenters. The van der Waals surface area contributed by atoms with E-state index in [4.69, 9.17) is 9.47 Å². The van der Waals surface area contributed by atoms with Crippen molar-refractivity contribution >= 4 is 34.1 Å². The molecule has 0 spiro atoms. The molecule has 4 aromatic rings. The van der Waals surface area contributed by atoms with E-state index in [1.165, 1.54) is 6.07 Å². The SMILES string of the molecule is COc1cc2nccc(Cc3ccc(NC(=O)c4ccc5c(c4)CC(=O)N5C)c(F)c3)c2cc1OC. The number of likely N-dealkylation sites (N-methyl/N-ethyl adjacent to an activating group) is 1. The van der Waals surface area contributed by atoms with Crippen molar-refractivity contribution < 1.29 is 23.5 Å². The van der Waals surface area contributed by atoms with E-state index < -0.39 is 11.7 Å². The molecular weight excluding hydrogens is 461 g/mol. The van der Waals surface area contributed by atoms with Crippen LogP contribution >= 0.6 is 0 Å². The first kappa shape index (κ1) is 23.3. The lowest BCUT2D eigenvalue weighted by molar-refractivity contribution is -0.117. The molecule has 7 nitrogen and oxygen atoms in total. The van der Waals surface area contributed by atoms with E-state index in [1.807, 2.05) is 18.2 Å². The molecule has 1 aliphatic heterocycles. The number of benzene rings is 3. The third kappa shape index (κ3) is 4.22. The number of anilines is 2. The van der Waals surface area contributed by atoms with Crippen molar-refractivity contribution in [2.75, 3.05) is 31.5 Å². The summed E-state index contributed by atoms with van der Waals surface area (Å²) >= 11 is 0. The number of nitrogens with zero attached hydrogens (tertiary/aromatic N) is 2. The van der Waals surface area contributed by atoms with Gasteiger partial charge in [-0.15, -0.1) is 0 Å². The maximum Gasteiger partial charge on any atom is 0.255 e. The molecule has 2 heterocycles. The number of hydrogen-bond acceptors (Lipinski definition) is 5. The number of amides is 2. The van der Waals surface area contributed by atoms with Gasteiger partial charge in [0.15, 0.2) is 11.5 Å². The van der Waals surface area contributed by atoms with Gasteiger partial charge in [-0.1, -0.05) is 6.07 Å². The van der Waals surface area contributed by atoms with Gasteiger partial charge in [0, 0.05) is 35.9 Å². The second kappa shape index (κ2) is 9.30. The summed E-state index contributed by atoms with van der Waals surface area (Å²) in [5, 5.41) is 3.52. The Bertz CT molecular complexity index is 1520. The van der Waals surface area contributed by atoms with Gasteiger partial charge in [0.1, 0.15) is 5.82 Å². The Labute approximate surface area is 207 Å². The van der Waals surface area contributed by atoms with E-state index in [2.05, 4.69) is 10.3 Å². The maximum atomic E-state index is 15.0. The molecule has 0 fully saturated rings. The van der Waals surface area contributed by atoms with Crippen LogP contribution < -0.4 is 19.7 Å². The molecule has 8 heteroatoms. The van der Waals surface area contributed by atoms with Gasteiger partial charge in [0.2, 0.25) is 5.91 Å². The highest BCUT2D eigenvalue weighted by Crippen LogP contribution is 2.34. The number of aromatic nitrogens is 1. The fraction of sp³-hybridized carbons (Fsp3) is 0.179. The second-order valence-electron chi connectivity index (χ2n) is 8.61. The molecule has 0 saturated carbocycles. The topological polar surface area (TPSA) is 80.8 Å². The first-order chi connectivity index (χ1) is 17.4. The summed E-state index contributed by atoms with van der Waals surface area (Å²) in [6, 6.07) is 15.4. The fourth-order valence-corrected chi connectivity index (χ4v) is 4.48. The van der Waals surface area contributed by atoms with Crippen molar-refractivity contribution in [1.82, 2.24) is 4.98 Å². The Hall–Kier alpha value is -4.46. The predicted octanol–water partition coefficient (Wildman–Crippen LogP) is 4.75. The number of nitrogens with one attached hydrogen (secondary N) is 1. The van der Waals surface area contributed by atoms with Crippen LogP contribution in [0.25, 0.3) is 10.9 Å². The monoisotopic (exact) mass is 485 g/mol. The van der Waals surface area contributed by atoms with Crippen LogP contribution in [0.4, 0.5) is 15.8 Å². The summed E-state index contributed by atoms with van der Waals surface area (Å²) in [5.74, 6) is 0.180. The van der Waals surface area contributed by atoms with Crippen molar-refractivity contribution in [2.24, 2.45) is 0 Å². The summed E-state index contributed by atoms with van der Waals surface area (Å²) in [6.07, 6.45) is 2.42. The van der Waals surface area contributed by atoms with Crippen molar-refractivity contribution in [3.63, 3.8) is 0 Å². The van der Waals surface area contributed by atoms with Crippen molar-refractivity contribution in [1.29, 1.82) is 0 Å². The molecule has 0 bridgehead atoms. The molecule has 5 rings (SSSR count). The summed E-state index contributed by atoms with van der Waals surface area (Å²) in [7, 11) is 4.84. The van der Waals surface area contributed by atoms with E-state index in [-0.39, 0.29) is 18.0 Å². The van der Waals surface area contributed by atoms with Gasteiger partial charge in [-0.3, -0.25) is 14.6 Å². The number of methoxy groups -OCH3 is 2. The van der Waals surface area contributed by atoms with Gasteiger partial charge in [-0.2, -0.15) is 0 Å². The normalized spacial score (nSPS) is 12.6. The lowest BCUT2D eigenvalue weighted by Gasteiger charge is -2.13. The first-order valence-corrected chi connectivity index (χ1v) is 11.4. The highest BCUT2D eigenvalue weighted by atomic mass is 19.1. The summed E-state index contributed by atoms with van der Waals surface area (Å²) < 4.78 is 25.7. The highest BCUT2D eigenvalue weighted by Gasteiger charge is 2.25. The zero-order valence-corrected chi connectivity index (χ0v) is 20.1. The van der Waals surface area contributed by atoms with Gasteiger partial charge >= 0.3 is 0 Å².